The first-order valence-electron chi connectivity index (χ1n) is 15.3. The van der Waals surface area contributed by atoms with Crippen LogP contribution in [-0.4, -0.2) is 4.98 Å². The summed E-state index contributed by atoms with van der Waals surface area (Å²) in [4.78, 5) is 7.03. The topological polar surface area (TPSA) is 55.6 Å². The maximum atomic E-state index is 6.34. The van der Waals surface area contributed by atoms with Crippen LogP contribution in [0.15, 0.2) is 159 Å². The Hall–Kier alpha value is -6.33. The van der Waals surface area contributed by atoms with Crippen LogP contribution in [0.2, 0.25) is 0 Å². The molecule has 0 radical (unpaired) electrons. The monoisotopic (exact) mass is 592 g/mol. The zero-order valence-corrected chi connectivity index (χ0v) is 24.5. The lowest BCUT2D eigenvalue weighted by atomic mass is 10.1. The van der Waals surface area contributed by atoms with E-state index in [1.54, 1.807) is 0 Å². The number of para-hydroxylation sites is 2. The first kappa shape index (κ1) is 25.0. The summed E-state index contributed by atoms with van der Waals surface area (Å²) in [5.74, 6) is 0.618. The number of furan rings is 2. The minimum Gasteiger partial charge on any atom is -0.456 e. The smallest absolute Gasteiger partial charge is 0.227 e. The third-order valence-corrected chi connectivity index (χ3v) is 8.87. The molecule has 0 atom stereocenters. The Morgan fingerprint density at radius 1 is 0.413 bits per heavy atom. The summed E-state index contributed by atoms with van der Waals surface area (Å²) in [7, 11) is 0. The Kier molecular flexibility index (Phi) is 5.22. The number of benzene rings is 7. The van der Waals surface area contributed by atoms with E-state index >= 15 is 0 Å². The van der Waals surface area contributed by atoms with Crippen molar-refractivity contribution in [2.45, 2.75) is 0 Å². The van der Waals surface area contributed by atoms with E-state index in [2.05, 4.69) is 77.7 Å². The highest BCUT2D eigenvalue weighted by molar-refractivity contribution is 6.09. The fourth-order valence-corrected chi connectivity index (χ4v) is 6.70. The van der Waals surface area contributed by atoms with Crippen molar-refractivity contribution in [3.63, 3.8) is 0 Å². The van der Waals surface area contributed by atoms with Crippen LogP contribution in [0.3, 0.4) is 0 Å². The van der Waals surface area contributed by atoms with Crippen LogP contribution in [-0.2, 0) is 0 Å². The van der Waals surface area contributed by atoms with Crippen molar-refractivity contribution in [1.82, 2.24) is 4.98 Å². The van der Waals surface area contributed by atoms with Gasteiger partial charge in [-0.1, -0.05) is 60.7 Å². The summed E-state index contributed by atoms with van der Waals surface area (Å²) in [6.45, 7) is 0. The van der Waals surface area contributed by atoms with Gasteiger partial charge in [0.1, 0.15) is 27.8 Å². The van der Waals surface area contributed by atoms with Gasteiger partial charge < -0.3 is 18.2 Å². The lowest BCUT2D eigenvalue weighted by Gasteiger charge is -2.25. The van der Waals surface area contributed by atoms with Crippen molar-refractivity contribution in [2.24, 2.45) is 0 Å². The number of aromatic nitrogens is 1. The predicted molar refractivity (Wildman–Crippen MR) is 186 cm³/mol. The highest BCUT2D eigenvalue weighted by Gasteiger charge is 2.19. The zero-order chi connectivity index (χ0) is 30.2. The molecular weight excluding hydrogens is 568 g/mol. The van der Waals surface area contributed by atoms with E-state index in [1.165, 1.54) is 0 Å². The van der Waals surface area contributed by atoms with Gasteiger partial charge in [-0.15, -0.1) is 0 Å². The van der Waals surface area contributed by atoms with Gasteiger partial charge in [-0.25, -0.2) is 4.98 Å². The Morgan fingerprint density at radius 3 is 1.61 bits per heavy atom. The number of hydrogen-bond acceptors (Lipinski definition) is 5. The predicted octanol–water partition coefficient (Wildman–Crippen LogP) is 11.9. The molecule has 10 aromatic rings. The molecule has 46 heavy (non-hydrogen) atoms. The molecule has 0 saturated heterocycles. The normalized spacial score (nSPS) is 11.9. The molecule has 216 valence electrons. The Bertz CT molecular complexity index is 2660. The van der Waals surface area contributed by atoms with Gasteiger partial charge in [0, 0.05) is 61.7 Å². The van der Waals surface area contributed by atoms with Gasteiger partial charge in [-0.3, -0.25) is 0 Å². The standard InChI is InChI=1S/C41H24N2O3/c1-2-8-25(9-3-1)41-42-35-21-14-26-22-27(15-18-30(26)40(35)46-41)43(28-16-19-33-31-10-4-6-12-36(31)44-38(33)23-28)29-17-20-34-32-11-5-7-13-37(32)45-39(34)24-29/h1-24H. The summed E-state index contributed by atoms with van der Waals surface area (Å²) in [6, 6.07) is 49.8. The van der Waals surface area contributed by atoms with Crippen molar-refractivity contribution in [3.8, 4) is 11.5 Å². The molecule has 3 aromatic heterocycles. The number of fused-ring (bicyclic) bond motifs is 9. The van der Waals surface area contributed by atoms with Gasteiger partial charge in [0.2, 0.25) is 5.89 Å². The Morgan fingerprint density at radius 2 is 0.957 bits per heavy atom. The van der Waals surface area contributed by atoms with Crippen molar-refractivity contribution < 1.29 is 13.3 Å². The molecule has 0 aliphatic heterocycles. The largest absolute Gasteiger partial charge is 0.456 e. The minimum atomic E-state index is 0.618. The van der Waals surface area contributed by atoms with Gasteiger partial charge in [-0.05, 0) is 78.2 Å². The van der Waals surface area contributed by atoms with Crippen LogP contribution in [0.5, 0.6) is 0 Å². The lowest BCUT2D eigenvalue weighted by molar-refractivity contribution is 0.623. The molecule has 5 heteroatoms. The summed E-state index contributed by atoms with van der Waals surface area (Å²) in [5, 5.41) is 6.46. The van der Waals surface area contributed by atoms with Crippen LogP contribution >= 0.6 is 0 Å². The van der Waals surface area contributed by atoms with Gasteiger partial charge in [0.25, 0.3) is 0 Å². The quantitative estimate of drug-likeness (QED) is 0.203. The lowest BCUT2D eigenvalue weighted by Crippen LogP contribution is -2.09. The van der Waals surface area contributed by atoms with E-state index in [9.17, 15) is 0 Å². The third kappa shape index (κ3) is 3.79. The van der Waals surface area contributed by atoms with E-state index in [0.717, 1.165) is 88.4 Å². The molecule has 0 fully saturated rings. The van der Waals surface area contributed by atoms with Crippen molar-refractivity contribution in [2.75, 3.05) is 4.90 Å². The summed E-state index contributed by atoms with van der Waals surface area (Å²) in [5.41, 5.74) is 8.96. The van der Waals surface area contributed by atoms with Crippen LogP contribution in [0.25, 0.3) is 77.2 Å². The van der Waals surface area contributed by atoms with Gasteiger partial charge >= 0.3 is 0 Å². The third-order valence-electron chi connectivity index (χ3n) is 8.87. The van der Waals surface area contributed by atoms with E-state index in [-0.39, 0.29) is 0 Å². The van der Waals surface area contributed by atoms with Crippen molar-refractivity contribution in [1.29, 1.82) is 0 Å². The number of oxazole rings is 1. The first-order valence-corrected chi connectivity index (χ1v) is 15.3. The zero-order valence-electron chi connectivity index (χ0n) is 24.5. The molecule has 5 nitrogen and oxygen atoms in total. The molecule has 0 bridgehead atoms. The molecule has 0 unspecified atom stereocenters. The van der Waals surface area contributed by atoms with E-state index < -0.39 is 0 Å². The maximum absolute atomic E-state index is 6.34. The van der Waals surface area contributed by atoms with Crippen LogP contribution in [0.4, 0.5) is 17.1 Å². The van der Waals surface area contributed by atoms with E-state index in [4.69, 9.17) is 18.2 Å². The molecular formula is C41H24N2O3. The summed E-state index contributed by atoms with van der Waals surface area (Å²) < 4.78 is 19.0. The molecule has 0 saturated carbocycles. The maximum Gasteiger partial charge on any atom is 0.227 e. The first-order chi connectivity index (χ1) is 22.8. The van der Waals surface area contributed by atoms with Gasteiger partial charge in [-0.2, -0.15) is 0 Å². The number of hydrogen-bond donors (Lipinski definition) is 0. The molecule has 0 spiro atoms. The number of nitrogens with zero attached hydrogens (tertiary/aromatic N) is 2. The van der Waals surface area contributed by atoms with Gasteiger partial charge in [0.15, 0.2) is 5.58 Å². The van der Waals surface area contributed by atoms with Crippen LogP contribution in [0.1, 0.15) is 0 Å². The Balaban J connectivity index is 1.17. The van der Waals surface area contributed by atoms with E-state index in [0.29, 0.717) is 5.89 Å². The second-order valence-electron chi connectivity index (χ2n) is 11.6. The molecule has 7 aromatic carbocycles. The second-order valence-corrected chi connectivity index (χ2v) is 11.6. The molecule has 3 heterocycles. The number of anilines is 3. The SMILES string of the molecule is c1ccc(-c2nc3ccc4cc(N(c5ccc6c(c5)oc5ccccc56)c5ccc6c(c5)oc5ccccc56)ccc4c3o2)cc1. The van der Waals surface area contributed by atoms with Gasteiger partial charge in [0.05, 0.1) is 0 Å². The summed E-state index contributed by atoms with van der Waals surface area (Å²) >= 11 is 0. The highest BCUT2D eigenvalue weighted by Crippen LogP contribution is 2.42. The molecule has 0 aliphatic carbocycles. The van der Waals surface area contributed by atoms with Crippen molar-refractivity contribution in [3.05, 3.63) is 146 Å². The molecule has 0 N–H and O–H groups in total. The fourth-order valence-electron chi connectivity index (χ4n) is 6.70. The molecule has 0 aliphatic rings. The highest BCUT2D eigenvalue weighted by atomic mass is 16.3. The second kappa shape index (κ2) is 9.58. The fraction of sp³-hybridized carbons (Fsp3) is 0. The van der Waals surface area contributed by atoms with Crippen LogP contribution < -0.4 is 4.90 Å². The number of rotatable bonds is 4. The van der Waals surface area contributed by atoms with E-state index in [1.807, 2.05) is 72.8 Å². The molecule has 0 amide bonds. The molecule has 10 rings (SSSR count). The Labute approximate surface area is 262 Å². The van der Waals surface area contributed by atoms with Crippen LogP contribution in [0, 0.1) is 0 Å². The average molecular weight is 593 g/mol. The average Bonchev–Trinajstić information content (AvgIpc) is 3.82. The minimum absolute atomic E-state index is 0.618. The van der Waals surface area contributed by atoms with Crippen molar-refractivity contribution >= 4 is 82.8 Å². The summed E-state index contributed by atoms with van der Waals surface area (Å²) in [6.07, 6.45) is 0.